The number of rotatable bonds is 4. The fourth-order valence-electron chi connectivity index (χ4n) is 2.68. The van der Waals surface area contributed by atoms with Crippen LogP contribution in [0.3, 0.4) is 0 Å². The molecule has 1 atom stereocenters. The van der Waals surface area contributed by atoms with Gasteiger partial charge in [-0.1, -0.05) is 12.1 Å². The van der Waals surface area contributed by atoms with Crippen LogP contribution in [0.25, 0.3) is 0 Å². The van der Waals surface area contributed by atoms with Crippen molar-refractivity contribution in [3.63, 3.8) is 0 Å². The zero-order valence-corrected chi connectivity index (χ0v) is 11.8. The summed E-state index contributed by atoms with van der Waals surface area (Å²) in [5.74, 6) is -0.734. The molecule has 1 heterocycles. The number of nitro benzene ring substituents is 1. The smallest absolute Gasteiger partial charge is 0.305 e. The van der Waals surface area contributed by atoms with Crippen molar-refractivity contribution in [3.05, 3.63) is 39.7 Å². The molecule has 20 heavy (non-hydrogen) atoms. The number of halogens is 1. The van der Waals surface area contributed by atoms with Crippen LogP contribution in [-0.2, 0) is 11.3 Å². The third-order valence-corrected chi connectivity index (χ3v) is 3.88. The molecular formula is C14H19FN2O3. The van der Waals surface area contributed by atoms with Crippen molar-refractivity contribution in [1.29, 1.82) is 0 Å². The van der Waals surface area contributed by atoms with Crippen molar-refractivity contribution < 1.29 is 14.1 Å². The molecule has 6 heteroatoms. The summed E-state index contributed by atoms with van der Waals surface area (Å²) in [7, 11) is 1.68. The lowest BCUT2D eigenvalue weighted by Gasteiger charge is -2.39. The Kier molecular flexibility index (Phi) is 4.35. The summed E-state index contributed by atoms with van der Waals surface area (Å²) in [5, 5.41) is 10.7. The molecule has 1 aliphatic rings. The highest BCUT2D eigenvalue weighted by Crippen LogP contribution is 2.27. The Bertz CT molecular complexity index is 509. The van der Waals surface area contributed by atoms with Crippen molar-refractivity contribution >= 4 is 5.69 Å². The van der Waals surface area contributed by atoms with Gasteiger partial charge in [-0.2, -0.15) is 4.39 Å². The van der Waals surface area contributed by atoms with Gasteiger partial charge in [0.25, 0.3) is 0 Å². The summed E-state index contributed by atoms with van der Waals surface area (Å²) in [6.45, 7) is 3.95. The van der Waals surface area contributed by atoms with Crippen LogP contribution < -0.4 is 0 Å². The summed E-state index contributed by atoms with van der Waals surface area (Å²) in [4.78, 5) is 12.1. The Hall–Kier alpha value is -1.53. The summed E-state index contributed by atoms with van der Waals surface area (Å²) in [6, 6.07) is 4.31. The Morgan fingerprint density at radius 1 is 1.55 bits per heavy atom. The van der Waals surface area contributed by atoms with Gasteiger partial charge in [-0.05, 0) is 26.3 Å². The van der Waals surface area contributed by atoms with Crippen molar-refractivity contribution in [2.24, 2.45) is 0 Å². The second-order valence-electron chi connectivity index (χ2n) is 5.48. The molecule has 1 aromatic rings. The van der Waals surface area contributed by atoms with Crippen LogP contribution >= 0.6 is 0 Å². The minimum atomic E-state index is -0.734. The van der Waals surface area contributed by atoms with Crippen LogP contribution in [-0.4, -0.2) is 35.6 Å². The van der Waals surface area contributed by atoms with Crippen molar-refractivity contribution in [3.8, 4) is 0 Å². The molecule has 0 spiro atoms. The number of piperidine rings is 1. The first kappa shape index (κ1) is 14.9. The molecule has 0 radical (unpaired) electrons. The number of nitro groups is 1. The maximum atomic E-state index is 14.1. The van der Waals surface area contributed by atoms with Crippen LogP contribution in [0.4, 0.5) is 10.1 Å². The van der Waals surface area contributed by atoms with E-state index in [4.69, 9.17) is 4.74 Å². The lowest BCUT2D eigenvalue weighted by atomic mass is 9.94. The van der Waals surface area contributed by atoms with Gasteiger partial charge in [0.15, 0.2) is 0 Å². The van der Waals surface area contributed by atoms with E-state index in [2.05, 4.69) is 4.90 Å². The molecule has 110 valence electrons. The fraction of sp³-hybridized carbons (Fsp3) is 0.571. The van der Waals surface area contributed by atoms with Gasteiger partial charge in [-0.3, -0.25) is 15.0 Å². The van der Waals surface area contributed by atoms with Crippen LogP contribution in [0.2, 0.25) is 0 Å². The van der Waals surface area contributed by atoms with E-state index in [-0.39, 0.29) is 5.60 Å². The molecule has 1 unspecified atom stereocenters. The van der Waals surface area contributed by atoms with E-state index >= 15 is 0 Å². The molecule has 0 aromatic heterocycles. The largest absolute Gasteiger partial charge is 0.377 e. The highest BCUT2D eigenvalue weighted by molar-refractivity contribution is 5.36. The van der Waals surface area contributed by atoms with Crippen LogP contribution in [0, 0.1) is 15.9 Å². The van der Waals surface area contributed by atoms with Gasteiger partial charge in [0.1, 0.15) is 0 Å². The van der Waals surface area contributed by atoms with E-state index in [0.29, 0.717) is 18.7 Å². The van der Waals surface area contributed by atoms with Crippen LogP contribution in [0.1, 0.15) is 25.3 Å². The molecule has 0 aliphatic carbocycles. The molecule has 1 saturated heterocycles. The average molecular weight is 282 g/mol. The highest BCUT2D eigenvalue weighted by atomic mass is 19.1. The molecule has 0 saturated carbocycles. The van der Waals surface area contributed by atoms with E-state index in [0.717, 1.165) is 19.4 Å². The number of hydrogen-bond donors (Lipinski definition) is 0. The van der Waals surface area contributed by atoms with Gasteiger partial charge in [-0.25, -0.2) is 0 Å². The second-order valence-corrected chi connectivity index (χ2v) is 5.48. The zero-order chi connectivity index (χ0) is 14.8. The minimum absolute atomic E-state index is 0.227. The van der Waals surface area contributed by atoms with Crippen molar-refractivity contribution in [2.75, 3.05) is 20.2 Å². The second kappa shape index (κ2) is 5.85. The van der Waals surface area contributed by atoms with Crippen molar-refractivity contribution in [2.45, 2.75) is 31.9 Å². The monoisotopic (exact) mass is 282 g/mol. The Morgan fingerprint density at radius 3 is 2.95 bits per heavy atom. The summed E-state index contributed by atoms with van der Waals surface area (Å²) in [6.07, 6.45) is 1.94. The normalized spacial score (nSPS) is 23.8. The van der Waals surface area contributed by atoms with Gasteiger partial charge in [0.2, 0.25) is 5.82 Å². The molecule has 0 bridgehead atoms. The fourth-order valence-corrected chi connectivity index (χ4v) is 2.68. The molecule has 1 fully saturated rings. The highest BCUT2D eigenvalue weighted by Gasteiger charge is 2.31. The number of methoxy groups -OCH3 is 1. The van der Waals surface area contributed by atoms with Gasteiger partial charge < -0.3 is 4.74 Å². The van der Waals surface area contributed by atoms with Crippen LogP contribution in [0.15, 0.2) is 18.2 Å². The number of nitrogens with zero attached hydrogens (tertiary/aromatic N) is 2. The van der Waals surface area contributed by atoms with Crippen LogP contribution in [0.5, 0.6) is 0 Å². The van der Waals surface area contributed by atoms with E-state index in [1.165, 1.54) is 12.1 Å². The molecule has 1 aliphatic heterocycles. The van der Waals surface area contributed by atoms with Gasteiger partial charge in [0.05, 0.1) is 10.5 Å². The lowest BCUT2D eigenvalue weighted by molar-refractivity contribution is -0.387. The Labute approximate surface area is 117 Å². The standard InChI is InChI=1S/C14H19FN2O3/c1-14(20-2)7-4-8-16(10-14)9-11-5-3-6-12(13(11)15)17(18)19/h3,5-6H,4,7-10H2,1-2H3. The molecule has 2 rings (SSSR count). The Balaban J connectivity index is 2.14. The number of ether oxygens (including phenoxy) is 1. The third kappa shape index (κ3) is 3.13. The summed E-state index contributed by atoms with van der Waals surface area (Å²) in [5.41, 5.74) is -0.330. The first-order chi connectivity index (χ1) is 9.45. The first-order valence-electron chi connectivity index (χ1n) is 6.64. The van der Waals surface area contributed by atoms with Gasteiger partial charge in [0, 0.05) is 31.8 Å². The number of likely N-dealkylation sites (tertiary alicyclic amines) is 1. The maximum Gasteiger partial charge on any atom is 0.305 e. The predicted molar refractivity (Wildman–Crippen MR) is 73.0 cm³/mol. The number of hydrogen-bond acceptors (Lipinski definition) is 4. The zero-order valence-electron chi connectivity index (χ0n) is 11.8. The van der Waals surface area contributed by atoms with Gasteiger partial charge >= 0.3 is 5.69 Å². The predicted octanol–water partition coefficient (Wildman–Crippen LogP) is 2.73. The van der Waals surface area contributed by atoms with E-state index in [1.54, 1.807) is 13.2 Å². The van der Waals surface area contributed by atoms with E-state index < -0.39 is 16.4 Å². The molecule has 0 amide bonds. The Morgan fingerprint density at radius 2 is 2.30 bits per heavy atom. The SMILES string of the molecule is COC1(C)CCCN(Cc2cccc([N+](=O)[O-])c2F)C1. The van der Waals surface area contributed by atoms with E-state index in [9.17, 15) is 14.5 Å². The quantitative estimate of drug-likeness (QED) is 0.629. The maximum absolute atomic E-state index is 14.1. The third-order valence-electron chi connectivity index (χ3n) is 3.88. The molecule has 5 nitrogen and oxygen atoms in total. The topological polar surface area (TPSA) is 55.6 Å². The number of benzene rings is 1. The van der Waals surface area contributed by atoms with Gasteiger partial charge in [-0.15, -0.1) is 0 Å². The summed E-state index contributed by atoms with van der Waals surface area (Å²) < 4.78 is 19.5. The minimum Gasteiger partial charge on any atom is -0.377 e. The average Bonchev–Trinajstić information content (AvgIpc) is 2.41. The van der Waals surface area contributed by atoms with Crippen molar-refractivity contribution in [1.82, 2.24) is 4.90 Å². The van der Waals surface area contributed by atoms with E-state index in [1.807, 2.05) is 6.92 Å². The molecular weight excluding hydrogens is 263 g/mol. The molecule has 0 N–H and O–H groups in total. The lowest BCUT2D eigenvalue weighted by Crippen LogP contribution is -2.46. The first-order valence-corrected chi connectivity index (χ1v) is 6.64. The molecule has 1 aromatic carbocycles. The summed E-state index contributed by atoms with van der Waals surface area (Å²) >= 11 is 0.